The van der Waals surface area contributed by atoms with E-state index in [0.29, 0.717) is 30.7 Å². The van der Waals surface area contributed by atoms with Crippen LogP contribution in [0.3, 0.4) is 0 Å². The largest absolute Gasteiger partial charge is 0.480 e. The Morgan fingerprint density at radius 3 is 2.78 bits per heavy atom. The number of aromatic amines is 1. The number of carboxylic acid groups (broad SMARTS) is 1. The first-order chi connectivity index (χ1) is 8.58. The summed E-state index contributed by atoms with van der Waals surface area (Å²) in [4.78, 5) is 24.1. The van der Waals surface area contributed by atoms with E-state index in [4.69, 9.17) is 15.9 Å². The van der Waals surface area contributed by atoms with Crippen molar-refractivity contribution >= 4 is 12.3 Å². The lowest BCUT2D eigenvalue weighted by molar-refractivity contribution is -0.138. The van der Waals surface area contributed by atoms with E-state index in [-0.39, 0.29) is 6.61 Å². The summed E-state index contributed by atoms with van der Waals surface area (Å²) in [6.07, 6.45) is 3.24. The summed E-state index contributed by atoms with van der Waals surface area (Å²) < 4.78 is 0. The molecule has 1 aromatic rings. The fourth-order valence-electron chi connectivity index (χ4n) is 1.78. The molecule has 0 bridgehead atoms. The number of unbranched alkanes of at least 4 members (excludes halogenated alkanes) is 1. The summed E-state index contributed by atoms with van der Waals surface area (Å²) in [5.74, 6) is -0.993. The van der Waals surface area contributed by atoms with E-state index in [2.05, 4.69) is 4.98 Å². The van der Waals surface area contributed by atoms with E-state index in [1.54, 1.807) is 6.07 Å². The van der Waals surface area contributed by atoms with Gasteiger partial charge in [-0.1, -0.05) is 6.42 Å². The third-order valence-electron chi connectivity index (χ3n) is 2.81. The summed E-state index contributed by atoms with van der Waals surface area (Å²) in [5, 5.41) is 17.6. The van der Waals surface area contributed by atoms with Gasteiger partial charge in [0.1, 0.15) is 6.04 Å². The van der Waals surface area contributed by atoms with Gasteiger partial charge in [0.15, 0.2) is 6.29 Å². The van der Waals surface area contributed by atoms with Crippen LogP contribution in [-0.4, -0.2) is 33.5 Å². The maximum atomic E-state index is 10.8. The Hall–Kier alpha value is -1.66. The van der Waals surface area contributed by atoms with Gasteiger partial charge in [-0.05, 0) is 30.9 Å². The van der Waals surface area contributed by atoms with Crippen molar-refractivity contribution in [1.82, 2.24) is 4.98 Å². The summed E-state index contributed by atoms with van der Waals surface area (Å²) in [7, 11) is 0. The number of hydrogen-bond acceptors (Lipinski definition) is 4. The highest BCUT2D eigenvalue weighted by molar-refractivity contribution is 5.75. The van der Waals surface area contributed by atoms with Crippen LogP contribution in [0.15, 0.2) is 6.07 Å². The predicted octanol–water partition coefficient (Wildman–Crippen LogP) is 0.444. The number of carbonyl (C=O) groups is 2. The Labute approximate surface area is 105 Å². The fourth-order valence-corrected chi connectivity index (χ4v) is 1.78. The summed E-state index contributed by atoms with van der Waals surface area (Å²) in [5.41, 5.74) is 7.31. The van der Waals surface area contributed by atoms with Crippen molar-refractivity contribution in [2.45, 2.75) is 38.3 Å². The monoisotopic (exact) mass is 254 g/mol. The zero-order chi connectivity index (χ0) is 13.5. The lowest BCUT2D eigenvalue weighted by Gasteiger charge is -2.05. The first kappa shape index (κ1) is 14.4. The minimum Gasteiger partial charge on any atom is -0.480 e. The first-order valence-corrected chi connectivity index (χ1v) is 5.83. The lowest BCUT2D eigenvalue weighted by atomic mass is 10.0. The van der Waals surface area contributed by atoms with Gasteiger partial charge in [0, 0.05) is 5.69 Å². The van der Waals surface area contributed by atoms with Crippen LogP contribution in [-0.2, 0) is 17.8 Å². The SMILES string of the molecule is N[C@@H](CCCCc1cc(CO)[nH]c1C=O)C(=O)O. The number of nitrogens with two attached hydrogens (primary N) is 1. The minimum absolute atomic E-state index is 0.134. The highest BCUT2D eigenvalue weighted by Gasteiger charge is 2.11. The van der Waals surface area contributed by atoms with E-state index in [1.165, 1.54) is 0 Å². The molecule has 0 spiro atoms. The summed E-state index contributed by atoms with van der Waals surface area (Å²) in [6.45, 7) is -0.134. The minimum atomic E-state index is -0.993. The van der Waals surface area contributed by atoms with Gasteiger partial charge in [-0.15, -0.1) is 0 Å². The molecular formula is C12H18N2O4. The average Bonchev–Trinajstić information content (AvgIpc) is 2.76. The Morgan fingerprint density at radius 1 is 1.50 bits per heavy atom. The normalized spacial score (nSPS) is 12.3. The van der Waals surface area contributed by atoms with Gasteiger partial charge >= 0.3 is 5.97 Å². The second kappa shape index (κ2) is 6.93. The predicted molar refractivity (Wildman–Crippen MR) is 65.3 cm³/mol. The van der Waals surface area contributed by atoms with Crippen molar-refractivity contribution in [2.24, 2.45) is 5.73 Å². The van der Waals surface area contributed by atoms with Crippen molar-refractivity contribution in [1.29, 1.82) is 0 Å². The number of aliphatic hydroxyl groups excluding tert-OH is 1. The molecule has 0 aliphatic rings. The van der Waals surface area contributed by atoms with Gasteiger partial charge < -0.3 is 20.9 Å². The number of nitrogens with one attached hydrogen (secondary N) is 1. The van der Waals surface area contributed by atoms with E-state index >= 15 is 0 Å². The van der Waals surface area contributed by atoms with Crippen molar-refractivity contribution in [2.75, 3.05) is 0 Å². The second-order valence-corrected chi connectivity index (χ2v) is 4.20. The van der Waals surface area contributed by atoms with Gasteiger partial charge in [-0.3, -0.25) is 9.59 Å². The first-order valence-electron chi connectivity index (χ1n) is 5.83. The van der Waals surface area contributed by atoms with Crippen LogP contribution in [0.1, 0.15) is 41.0 Å². The average molecular weight is 254 g/mol. The van der Waals surface area contributed by atoms with Crippen LogP contribution in [0.4, 0.5) is 0 Å². The number of aryl methyl sites for hydroxylation is 1. The molecule has 1 rings (SSSR count). The van der Waals surface area contributed by atoms with Crippen molar-refractivity contribution in [3.63, 3.8) is 0 Å². The molecule has 0 aliphatic carbocycles. The van der Waals surface area contributed by atoms with Gasteiger partial charge in [0.2, 0.25) is 0 Å². The van der Waals surface area contributed by atoms with Crippen LogP contribution in [0.25, 0.3) is 0 Å². The van der Waals surface area contributed by atoms with Crippen LogP contribution in [0.2, 0.25) is 0 Å². The Morgan fingerprint density at radius 2 is 2.22 bits per heavy atom. The number of H-pyrrole nitrogens is 1. The maximum Gasteiger partial charge on any atom is 0.320 e. The number of carbonyl (C=O) groups excluding carboxylic acids is 1. The molecule has 1 heterocycles. The fraction of sp³-hybridized carbons (Fsp3) is 0.500. The number of aromatic nitrogens is 1. The van der Waals surface area contributed by atoms with Crippen molar-refractivity contribution in [3.05, 3.63) is 23.0 Å². The number of aliphatic carboxylic acids is 1. The molecular weight excluding hydrogens is 236 g/mol. The maximum absolute atomic E-state index is 10.8. The molecule has 100 valence electrons. The molecule has 0 aromatic carbocycles. The van der Waals surface area contributed by atoms with Gasteiger partial charge in [-0.25, -0.2) is 0 Å². The van der Waals surface area contributed by atoms with Crippen LogP contribution >= 0.6 is 0 Å². The van der Waals surface area contributed by atoms with Crippen molar-refractivity contribution in [3.8, 4) is 0 Å². The summed E-state index contributed by atoms with van der Waals surface area (Å²) in [6, 6.07) is 0.927. The van der Waals surface area contributed by atoms with Crippen LogP contribution in [0.5, 0.6) is 0 Å². The number of carboxylic acids is 1. The number of hydrogen-bond donors (Lipinski definition) is 4. The van der Waals surface area contributed by atoms with Gasteiger partial charge in [-0.2, -0.15) is 0 Å². The standard InChI is InChI=1S/C12H18N2O4/c13-10(12(17)18)4-2-1-3-8-5-9(6-15)14-11(8)7-16/h5,7,10,14-15H,1-4,6,13H2,(H,17,18)/t10-/m0/s1. The smallest absolute Gasteiger partial charge is 0.320 e. The topological polar surface area (TPSA) is 116 Å². The lowest BCUT2D eigenvalue weighted by Crippen LogP contribution is -2.29. The molecule has 0 fully saturated rings. The molecule has 1 atom stereocenters. The Kier molecular flexibility index (Phi) is 5.54. The third-order valence-corrected chi connectivity index (χ3v) is 2.81. The molecule has 6 heteroatoms. The molecule has 6 nitrogen and oxygen atoms in total. The number of rotatable bonds is 8. The highest BCUT2D eigenvalue weighted by atomic mass is 16.4. The molecule has 0 saturated carbocycles. The van der Waals surface area contributed by atoms with E-state index in [0.717, 1.165) is 18.3 Å². The van der Waals surface area contributed by atoms with E-state index < -0.39 is 12.0 Å². The highest BCUT2D eigenvalue weighted by Crippen LogP contribution is 2.13. The number of aliphatic hydroxyl groups is 1. The van der Waals surface area contributed by atoms with Crippen LogP contribution < -0.4 is 5.73 Å². The Balaban J connectivity index is 2.41. The number of aldehydes is 1. The molecule has 18 heavy (non-hydrogen) atoms. The van der Waals surface area contributed by atoms with Gasteiger partial charge in [0.25, 0.3) is 0 Å². The van der Waals surface area contributed by atoms with E-state index in [1.807, 2.05) is 0 Å². The molecule has 0 unspecified atom stereocenters. The molecule has 0 amide bonds. The third kappa shape index (κ3) is 3.97. The zero-order valence-electron chi connectivity index (χ0n) is 10.1. The molecule has 5 N–H and O–H groups in total. The molecule has 0 radical (unpaired) electrons. The molecule has 1 aromatic heterocycles. The molecule has 0 aliphatic heterocycles. The van der Waals surface area contributed by atoms with Crippen LogP contribution in [0, 0.1) is 0 Å². The quantitative estimate of drug-likeness (QED) is 0.397. The summed E-state index contributed by atoms with van der Waals surface area (Å²) >= 11 is 0. The molecule has 0 saturated heterocycles. The second-order valence-electron chi connectivity index (χ2n) is 4.20. The van der Waals surface area contributed by atoms with Gasteiger partial charge in [0.05, 0.1) is 12.3 Å². The van der Waals surface area contributed by atoms with E-state index in [9.17, 15) is 9.59 Å². The Bertz CT molecular complexity index is 414. The van der Waals surface area contributed by atoms with Crippen molar-refractivity contribution < 1.29 is 19.8 Å². The zero-order valence-corrected chi connectivity index (χ0v) is 10.1.